The summed E-state index contributed by atoms with van der Waals surface area (Å²) < 4.78 is 0. The molecular formula is C12H15ClN2. The van der Waals surface area contributed by atoms with Gasteiger partial charge in [-0.2, -0.15) is 0 Å². The van der Waals surface area contributed by atoms with E-state index in [1.165, 1.54) is 24.2 Å². The fourth-order valence-electron chi connectivity index (χ4n) is 2.70. The van der Waals surface area contributed by atoms with E-state index in [0.717, 1.165) is 24.5 Å². The topological polar surface area (TPSA) is 15.3 Å². The second kappa shape index (κ2) is 3.78. The second-order valence-corrected chi connectivity index (χ2v) is 4.79. The van der Waals surface area contributed by atoms with Gasteiger partial charge in [0.25, 0.3) is 0 Å². The van der Waals surface area contributed by atoms with Gasteiger partial charge in [0, 0.05) is 37.2 Å². The summed E-state index contributed by atoms with van der Waals surface area (Å²) in [5.41, 5.74) is 2.91. The molecule has 2 nitrogen and oxygen atoms in total. The van der Waals surface area contributed by atoms with Crippen molar-refractivity contribution in [2.45, 2.75) is 12.5 Å². The molecule has 0 bridgehead atoms. The summed E-state index contributed by atoms with van der Waals surface area (Å²) >= 11 is 6.02. The Morgan fingerprint density at radius 2 is 2.27 bits per heavy atom. The Balaban J connectivity index is 1.99. The van der Waals surface area contributed by atoms with Crippen LogP contribution in [0.5, 0.6) is 0 Å². The van der Waals surface area contributed by atoms with Gasteiger partial charge < -0.3 is 5.32 Å². The number of nitrogens with zero attached hydrogens (tertiary/aromatic N) is 1. The van der Waals surface area contributed by atoms with E-state index in [9.17, 15) is 0 Å². The third kappa shape index (κ3) is 1.67. The van der Waals surface area contributed by atoms with Crippen LogP contribution in [0, 0.1) is 0 Å². The molecule has 0 saturated carbocycles. The van der Waals surface area contributed by atoms with Crippen molar-refractivity contribution >= 4 is 11.6 Å². The molecule has 0 radical (unpaired) electrons. The van der Waals surface area contributed by atoms with Gasteiger partial charge >= 0.3 is 0 Å². The SMILES string of the molecule is Clc1ccc2c(c1)CCN1CCNC[C@@H]21. The van der Waals surface area contributed by atoms with Crippen LogP contribution >= 0.6 is 11.6 Å². The van der Waals surface area contributed by atoms with E-state index in [4.69, 9.17) is 11.6 Å². The Morgan fingerprint density at radius 1 is 1.33 bits per heavy atom. The van der Waals surface area contributed by atoms with Gasteiger partial charge in [0.1, 0.15) is 0 Å². The first-order valence-electron chi connectivity index (χ1n) is 5.58. The number of hydrogen-bond donors (Lipinski definition) is 1. The molecule has 1 saturated heterocycles. The molecule has 3 rings (SSSR count). The van der Waals surface area contributed by atoms with Crippen molar-refractivity contribution in [2.75, 3.05) is 26.2 Å². The molecule has 2 aliphatic heterocycles. The number of fused-ring (bicyclic) bond motifs is 3. The van der Waals surface area contributed by atoms with Crippen molar-refractivity contribution < 1.29 is 0 Å². The van der Waals surface area contributed by atoms with E-state index in [-0.39, 0.29) is 0 Å². The molecule has 0 spiro atoms. The van der Waals surface area contributed by atoms with Gasteiger partial charge in [0.05, 0.1) is 0 Å². The summed E-state index contributed by atoms with van der Waals surface area (Å²) in [7, 11) is 0. The highest BCUT2D eigenvalue weighted by molar-refractivity contribution is 6.30. The zero-order valence-electron chi connectivity index (χ0n) is 8.67. The molecule has 0 aromatic heterocycles. The monoisotopic (exact) mass is 222 g/mol. The summed E-state index contributed by atoms with van der Waals surface area (Å²) in [5.74, 6) is 0. The van der Waals surface area contributed by atoms with Crippen LogP contribution in [-0.4, -0.2) is 31.1 Å². The van der Waals surface area contributed by atoms with Gasteiger partial charge in [-0.05, 0) is 29.7 Å². The van der Waals surface area contributed by atoms with E-state index in [0.29, 0.717) is 6.04 Å². The highest BCUT2D eigenvalue weighted by atomic mass is 35.5. The molecule has 0 unspecified atom stereocenters. The molecule has 1 N–H and O–H groups in total. The van der Waals surface area contributed by atoms with Crippen molar-refractivity contribution in [1.82, 2.24) is 10.2 Å². The minimum atomic E-state index is 0.569. The number of benzene rings is 1. The minimum Gasteiger partial charge on any atom is -0.314 e. The standard InChI is InChI=1S/C12H15ClN2/c13-10-1-2-11-9(7-10)3-5-15-6-4-14-8-12(11)15/h1-2,7,12,14H,3-6,8H2/t12-/m0/s1. The van der Waals surface area contributed by atoms with E-state index in [1.807, 2.05) is 6.07 Å². The van der Waals surface area contributed by atoms with E-state index >= 15 is 0 Å². The Morgan fingerprint density at radius 3 is 3.20 bits per heavy atom. The highest BCUT2D eigenvalue weighted by Crippen LogP contribution is 2.31. The summed E-state index contributed by atoms with van der Waals surface area (Å²) in [5, 5.41) is 4.33. The van der Waals surface area contributed by atoms with E-state index in [1.54, 1.807) is 0 Å². The largest absolute Gasteiger partial charge is 0.314 e. The average Bonchev–Trinajstić information content (AvgIpc) is 2.28. The van der Waals surface area contributed by atoms with Gasteiger partial charge in [0.2, 0.25) is 0 Å². The third-order valence-corrected chi connectivity index (χ3v) is 3.72. The molecule has 1 atom stereocenters. The first kappa shape index (κ1) is 9.64. The summed E-state index contributed by atoms with van der Waals surface area (Å²) in [6.07, 6.45) is 1.15. The van der Waals surface area contributed by atoms with Gasteiger partial charge in [0.15, 0.2) is 0 Å². The average molecular weight is 223 g/mol. The maximum atomic E-state index is 6.02. The van der Waals surface area contributed by atoms with Crippen LogP contribution in [0.4, 0.5) is 0 Å². The van der Waals surface area contributed by atoms with Crippen molar-refractivity contribution in [3.05, 3.63) is 34.3 Å². The Bertz CT molecular complexity index is 378. The summed E-state index contributed by atoms with van der Waals surface area (Å²) in [4.78, 5) is 2.58. The van der Waals surface area contributed by atoms with E-state index < -0.39 is 0 Å². The lowest BCUT2D eigenvalue weighted by molar-refractivity contribution is 0.152. The Kier molecular flexibility index (Phi) is 2.43. The second-order valence-electron chi connectivity index (χ2n) is 4.35. The molecular weight excluding hydrogens is 208 g/mol. The maximum absolute atomic E-state index is 6.02. The summed E-state index contributed by atoms with van der Waals surface area (Å²) in [6, 6.07) is 6.91. The number of hydrogen-bond acceptors (Lipinski definition) is 2. The van der Waals surface area contributed by atoms with E-state index in [2.05, 4.69) is 22.3 Å². The molecule has 2 aliphatic rings. The van der Waals surface area contributed by atoms with Crippen molar-refractivity contribution in [2.24, 2.45) is 0 Å². The van der Waals surface area contributed by atoms with Gasteiger partial charge in [-0.25, -0.2) is 0 Å². The third-order valence-electron chi connectivity index (χ3n) is 3.49. The fraction of sp³-hybridized carbons (Fsp3) is 0.500. The lowest BCUT2D eigenvalue weighted by Gasteiger charge is -2.40. The molecule has 0 aliphatic carbocycles. The van der Waals surface area contributed by atoms with Crippen LogP contribution in [0.1, 0.15) is 17.2 Å². The predicted octanol–water partition coefficient (Wildman–Crippen LogP) is 1.84. The molecule has 80 valence electrons. The van der Waals surface area contributed by atoms with Crippen LogP contribution in [0.15, 0.2) is 18.2 Å². The maximum Gasteiger partial charge on any atom is 0.0476 e. The number of nitrogens with one attached hydrogen (secondary N) is 1. The number of halogens is 1. The highest BCUT2D eigenvalue weighted by Gasteiger charge is 2.28. The van der Waals surface area contributed by atoms with Crippen molar-refractivity contribution in [1.29, 1.82) is 0 Å². The van der Waals surface area contributed by atoms with Gasteiger partial charge in [-0.15, -0.1) is 0 Å². The molecule has 1 fully saturated rings. The molecule has 1 aromatic carbocycles. The van der Waals surface area contributed by atoms with Crippen LogP contribution in [0.2, 0.25) is 5.02 Å². The minimum absolute atomic E-state index is 0.569. The normalized spacial score (nSPS) is 25.8. The number of piperazine rings is 1. The Hall–Kier alpha value is -0.570. The molecule has 0 amide bonds. The smallest absolute Gasteiger partial charge is 0.0476 e. The molecule has 3 heteroatoms. The van der Waals surface area contributed by atoms with Crippen LogP contribution < -0.4 is 5.32 Å². The first-order chi connectivity index (χ1) is 7.34. The quantitative estimate of drug-likeness (QED) is 0.721. The number of rotatable bonds is 0. The zero-order chi connectivity index (χ0) is 10.3. The van der Waals surface area contributed by atoms with Crippen LogP contribution in [0.3, 0.4) is 0 Å². The first-order valence-corrected chi connectivity index (χ1v) is 5.95. The molecule has 15 heavy (non-hydrogen) atoms. The van der Waals surface area contributed by atoms with Gasteiger partial charge in [-0.1, -0.05) is 17.7 Å². The van der Waals surface area contributed by atoms with Crippen LogP contribution in [-0.2, 0) is 6.42 Å². The van der Waals surface area contributed by atoms with Gasteiger partial charge in [-0.3, -0.25) is 4.90 Å². The molecule has 2 heterocycles. The lowest BCUT2D eigenvalue weighted by atomic mass is 9.91. The van der Waals surface area contributed by atoms with Crippen LogP contribution in [0.25, 0.3) is 0 Å². The molecule has 1 aromatic rings. The predicted molar refractivity (Wildman–Crippen MR) is 62.3 cm³/mol. The fourth-order valence-corrected chi connectivity index (χ4v) is 2.90. The Labute approximate surface area is 95.2 Å². The van der Waals surface area contributed by atoms with Crippen molar-refractivity contribution in [3.8, 4) is 0 Å². The lowest BCUT2D eigenvalue weighted by Crippen LogP contribution is -2.48. The van der Waals surface area contributed by atoms with Crippen molar-refractivity contribution in [3.63, 3.8) is 0 Å². The zero-order valence-corrected chi connectivity index (χ0v) is 9.43. The summed E-state index contributed by atoms with van der Waals surface area (Å²) in [6.45, 7) is 4.56.